The van der Waals surface area contributed by atoms with Crippen LogP contribution < -0.4 is 0 Å². The van der Waals surface area contributed by atoms with E-state index in [4.69, 9.17) is 0 Å². The Kier molecular flexibility index (Phi) is 4.64. The van der Waals surface area contributed by atoms with Crippen LogP contribution in [0, 0.1) is 0 Å². The van der Waals surface area contributed by atoms with Gasteiger partial charge in [0.2, 0.25) is 10.0 Å². The van der Waals surface area contributed by atoms with E-state index in [0.29, 0.717) is 33.5 Å². The van der Waals surface area contributed by atoms with E-state index >= 15 is 0 Å². The molecule has 1 aromatic carbocycles. The molecule has 1 fully saturated rings. The molecule has 0 aromatic heterocycles. The van der Waals surface area contributed by atoms with Crippen molar-refractivity contribution in [2.24, 2.45) is 0 Å². The first-order chi connectivity index (χ1) is 8.41. The monoisotopic (exact) mass is 415 g/mol. The predicted molar refractivity (Wildman–Crippen MR) is 78.5 cm³/mol. The first-order valence-electron chi connectivity index (χ1n) is 5.21. The van der Waals surface area contributed by atoms with Crippen molar-refractivity contribution in [1.29, 1.82) is 0 Å². The highest BCUT2D eigenvalue weighted by molar-refractivity contribution is 9.11. The topological polar surface area (TPSA) is 54.5 Å². The molecule has 18 heavy (non-hydrogen) atoms. The van der Waals surface area contributed by atoms with E-state index in [9.17, 15) is 12.6 Å². The molecule has 1 saturated heterocycles. The maximum absolute atomic E-state index is 12.4. The first-order valence-corrected chi connectivity index (χ1v) is 9.73. The summed E-state index contributed by atoms with van der Waals surface area (Å²) in [5, 5.41) is 0. The molecular weight excluding hydrogens is 406 g/mol. The number of nitrogens with zero attached hydrogens (tertiary/aromatic N) is 1. The molecule has 0 saturated carbocycles. The maximum Gasteiger partial charge on any atom is 0.244 e. The third-order valence-corrected chi connectivity index (χ3v) is 7.31. The van der Waals surface area contributed by atoms with Crippen molar-refractivity contribution >= 4 is 52.7 Å². The average molecular weight is 417 g/mol. The Morgan fingerprint density at radius 3 is 2.39 bits per heavy atom. The lowest BCUT2D eigenvalue weighted by atomic mass is 10.4. The van der Waals surface area contributed by atoms with E-state index < -0.39 is 20.8 Å². The van der Waals surface area contributed by atoms with Gasteiger partial charge in [0.15, 0.2) is 0 Å². The molecule has 2 rings (SSSR count). The summed E-state index contributed by atoms with van der Waals surface area (Å²) in [6, 6.07) is 5.04. The fourth-order valence-electron chi connectivity index (χ4n) is 1.68. The smallest absolute Gasteiger partial charge is 0.244 e. The molecule has 0 spiro atoms. The Hall–Kier alpha value is 0.240. The number of hydrogen-bond acceptors (Lipinski definition) is 3. The molecule has 0 bridgehead atoms. The lowest BCUT2D eigenvalue weighted by Crippen LogP contribution is -2.41. The van der Waals surface area contributed by atoms with Gasteiger partial charge < -0.3 is 0 Å². The molecule has 0 atom stereocenters. The molecule has 0 N–H and O–H groups in total. The number of benzene rings is 1. The van der Waals surface area contributed by atoms with Crippen molar-refractivity contribution in [3.8, 4) is 0 Å². The van der Waals surface area contributed by atoms with Crippen molar-refractivity contribution in [2.75, 3.05) is 24.6 Å². The van der Waals surface area contributed by atoms with E-state index in [1.165, 1.54) is 4.31 Å². The molecule has 0 radical (unpaired) electrons. The molecule has 0 unspecified atom stereocenters. The van der Waals surface area contributed by atoms with Crippen molar-refractivity contribution in [2.45, 2.75) is 4.90 Å². The van der Waals surface area contributed by atoms with Gasteiger partial charge in [-0.1, -0.05) is 15.9 Å². The Balaban J connectivity index is 2.36. The minimum atomic E-state index is -3.52. The second kappa shape index (κ2) is 5.70. The maximum atomic E-state index is 12.4. The average Bonchev–Trinajstić information content (AvgIpc) is 2.32. The summed E-state index contributed by atoms with van der Waals surface area (Å²) >= 11 is 6.53. The van der Waals surface area contributed by atoms with Crippen LogP contribution in [0.5, 0.6) is 0 Å². The van der Waals surface area contributed by atoms with E-state index in [1.54, 1.807) is 18.2 Å². The van der Waals surface area contributed by atoms with Gasteiger partial charge in [-0.15, -0.1) is 0 Å². The lowest BCUT2D eigenvalue weighted by Gasteiger charge is -2.26. The summed E-state index contributed by atoms with van der Waals surface area (Å²) in [6.07, 6.45) is 0. The molecule has 1 aliphatic rings. The van der Waals surface area contributed by atoms with E-state index in [0.717, 1.165) is 0 Å². The summed E-state index contributed by atoms with van der Waals surface area (Å²) in [6.45, 7) is 0.627. The largest absolute Gasteiger partial charge is 0.259 e. The second-order valence-electron chi connectivity index (χ2n) is 3.83. The van der Waals surface area contributed by atoms with E-state index in [2.05, 4.69) is 31.9 Å². The Labute approximate surface area is 126 Å². The zero-order valence-corrected chi connectivity index (χ0v) is 14.1. The van der Waals surface area contributed by atoms with Crippen LogP contribution in [0.1, 0.15) is 0 Å². The molecule has 1 aromatic rings. The normalized spacial score (nSPS) is 19.0. The molecule has 1 aliphatic heterocycles. The van der Waals surface area contributed by atoms with Crippen molar-refractivity contribution in [3.05, 3.63) is 27.1 Å². The third-order valence-electron chi connectivity index (χ3n) is 2.65. The van der Waals surface area contributed by atoms with Gasteiger partial charge in [-0.3, -0.25) is 4.21 Å². The van der Waals surface area contributed by atoms with Gasteiger partial charge in [-0.2, -0.15) is 4.31 Å². The Morgan fingerprint density at radius 1 is 1.17 bits per heavy atom. The molecule has 0 aliphatic carbocycles. The molecular formula is C10H11Br2NO3S2. The van der Waals surface area contributed by atoms with Crippen LogP contribution in [0.25, 0.3) is 0 Å². The number of halogens is 2. The van der Waals surface area contributed by atoms with Gasteiger partial charge in [0, 0.05) is 44.3 Å². The summed E-state index contributed by atoms with van der Waals surface area (Å²) in [7, 11) is -4.41. The van der Waals surface area contributed by atoms with E-state index in [1.807, 2.05) is 0 Å². The van der Waals surface area contributed by atoms with Crippen LogP contribution in [0.4, 0.5) is 0 Å². The molecule has 4 nitrogen and oxygen atoms in total. The van der Waals surface area contributed by atoms with Crippen LogP contribution in [0.2, 0.25) is 0 Å². The van der Waals surface area contributed by atoms with Crippen molar-refractivity contribution in [3.63, 3.8) is 0 Å². The molecule has 8 heteroatoms. The van der Waals surface area contributed by atoms with Gasteiger partial charge in [0.05, 0.1) is 4.90 Å². The molecule has 1 heterocycles. The highest BCUT2D eigenvalue weighted by atomic mass is 79.9. The van der Waals surface area contributed by atoms with Crippen molar-refractivity contribution in [1.82, 2.24) is 4.31 Å². The standard InChI is InChI=1S/C10H11Br2NO3S2/c11-8-1-2-9(12)10(7-8)18(15,16)13-3-5-17(14)6-4-13/h1-2,7H,3-6H2. The number of rotatable bonds is 2. The van der Waals surface area contributed by atoms with E-state index in [-0.39, 0.29) is 4.90 Å². The van der Waals surface area contributed by atoms with Gasteiger partial charge in [-0.05, 0) is 34.1 Å². The highest BCUT2D eigenvalue weighted by Crippen LogP contribution is 2.28. The van der Waals surface area contributed by atoms with Gasteiger partial charge in [0.1, 0.15) is 0 Å². The Bertz CT molecular complexity index is 579. The number of hydrogen-bond donors (Lipinski definition) is 0. The van der Waals surface area contributed by atoms with Crippen LogP contribution in [0.15, 0.2) is 32.0 Å². The lowest BCUT2D eigenvalue weighted by molar-refractivity contribution is 0.438. The quantitative estimate of drug-likeness (QED) is 0.740. The minimum Gasteiger partial charge on any atom is -0.259 e. The fraction of sp³-hybridized carbons (Fsp3) is 0.400. The minimum absolute atomic E-state index is 0.240. The fourth-order valence-corrected chi connectivity index (χ4v) is 5.86. The summed E-state index contributed by atoms with van der Waals surface area (Å²) in [5.74, 6) is 0.815. The van der Waals surface area contributed by atoms with Crippen LogP contribution in [-0.2, 0) is 20.8 Å². The predicted octanol–water partition coefficient (Wildman–Crippen LogP) is 1.96. The highest BCUT2D eigenvalue weighted by Gasteiger charge is 2.29. The summed E-state index contributed by atoms with van der Waals surface area (Å²) < 4.78 is 38.8. The van der Waals surface area contributed by atoms with Gasteiger partial charge in [0.25, 0.3) is 0 Å². The molecule has 0 amide bonds. The van der Waals surface area contributed by atoms with Crippen LogP contribution in [-0.4, -0.2) is 41.5 Å². The number of sulfonamides is 1. The summed E-state index contributed by atoms with van der Waals surface area (Å²) in [5.41, 5.74) is 0. The Morgan fingerprint density at radius 2 is 1.78 bits per heavy atom. The summed E-state index contributed by atoms with van der Waals surface area (Å²) in [4.78, 5) is 0.240. The van der Waals surface area contributed by atoms with Crippen molar-refractivity contribution < 1.29 is 12.6 Å². The third kappa shape index (κ3) is 3.04. The van der Waals surface area contributed by atoms with Crippen LogP contribution >= 0.6 is 31.9 Å². The molecule has 100 valence electrons. The zero-order chi connectivity index (χ0) is 13.3. The first kappa shape index (κ1) is 14.6. The second-order valence-corrected chi connectivity index (χ2v) is 9.20. The van der Waals surface area contributed by atoms with Gasteiger partial charge >= 0.3 is 0 Å². The van der Waals surface area contributed by atoms with Gasteiger partial charge in [-0.25, -0.2) is 8.42 Å². The zero-order valence-electron chi connectivity index (χ0n) is 9.30. The SMILES string of the molecule is O=S1CCN(S(=O)(=O)c2cc(Br)ccc2Br)CC1. The van der Waals surface area contributed by atoms with Crippen LogP contribution in [0.3, 0.4) is 0 Å².